The zero-order chi connectivity index (χ0) is 11.5. The highest BCUT2D eigenvalue weighted by Gasteiger charge is 2.05. The third-order valence-corrected chi connectivity index (χ3v) is 2.39. The Balaban J connectivity index is 2.74. The zero-order valence-corrected chi connectivity index (χ0v) is 8.93. The number of aryl methyl sites for hydroxylation is 1. The molecule has 16 heavy (non-hydrogen) atoms. The Hall–Kier alpha value is -2.10. The van der Waals surface area contributed by atoms with Gasteiger partial charge < -0.3 is 0 Å². The highest BCUT2D eigenvalue weighted by molar-refractivity contribution is 5.33. The van der Waals surface area contributed by atoms with Gasteiger partial charge in [0, 0.05) is 11.8 Å². The number of aromatic nitrogens is 2. The monoisotopic (exact) mass is 216 g/mol. The average Bonchev–Trinajstić information content (AvgIpc) is 2.29. The van der Waals surface area contributed by atoms with Crippen molar-refractivity contribution < 1.29 is 0 Å². The summed E-state index contributed by atoms with van der Waals surface area (Å²) in [5, 5.41) is 0. The predicted octanol–water partition coefficient (Wildman–Crippen LogP) is 1.09. The lowest BCUT2D eigenvalue weighted by Gasteiger charge is -2.09. The fraction of sp³-hybridized carbons (Fsp3) is 0.167. The SMILES string of the molecule is CCc1cc(=O)[nH]c(=O)n1-c1ccccc1. The first-order chi connectivity index (χ1) is 7.72. The van der Waals surface area contributed by atoms with Gasteiger partial charge in [-0.1, -0.05) is 25.1 Å². The average molecular weight is 216 g/mol. The van der Waals surface area contributed by atoms with Gasteiger partial charge in [0.15, 0.2) is 0 Å². The second-order valence-corrected chi connectivity index (χ2v) is 3.45. The molecule has 0 fully saturated rings. The Kier molecular flexibility index (Phi) is 2.72. The molecule has 2 aromatic rings. The third kappa shape index (κ3) is 1.82. The van der Waals surface area contributed by atoms with Crippen molar-refractivity contribution in [2.75, 3.05) is 0 Å². The maximum absolute atomic E-state index is 11.7. The van der Waals surface area contributed by atoms with E-state index in [0.717, 1.165) is 5.69 Å². The smallest absolute Gasteiger partial charge is 0.274 e. The number of hydrogen-bond donors (Lipinski definition) is 1. The van der Waals surface area contributed by atoms with Crippen molar-refractivity contribution in [1.82, 2.24) is 9.55 Å². The van der Waals surface area contributed by atoms with E-state index in [4.69, 9.17) is 0 Å². The summed E-state index contributed by atoms with van der Waals surface area (Å²) in [6.45, 7) is 1.91. The number of para-hydroxylation sites is 1. The van der Waals surface area contributed by atoms with Crippen LogP contribution in [0.4, 0.5) is 0 Å². The molecule has 0 radical (unpaired) electrons. The fourth-order valence-corrected chi connectivity index (χ4v) is 1.66. The molecule has 1 aromatic carbocycles. The van der Waals surface area contributed by atoms with Gasteiger partial charge in [-0.15, -0.1) is 0 Å². The van der Waals surface area contributed by atoms with Crippen LogP contribution in [0.1, 0.15) is 12.6 Å². The number of benzene rings is 1. The van der Waals surface area contributed by atoms with Gasteiger partial charge in [-0.2, -0.15) is 0 Å². The molecular formula is C12H12N2O2. The Bertz CT molecular complexity index is 596. The van der Waals surface area contributed by atoms with Gasteiger partial charge in [0.05, 0.1) is 5.69 Å². The molecule has 0 aliphatic rings. The van der Waals surface area contributed by atoms with E-state index >= 15 is 0 Å². The van der Waals surface area contributed by atoms with Gasteiger partial charge >= 0.3 is 5.69 Å². The van der Waals surface area contributed by atoms with E-state index in [1.807, 2.05) is 37.3 Å². The van der Waals surface area contributed by atoms with Gasteiger partial charge in [-0.3, -0.25) is 14.3 Å². The normalized spacial score (nSPS) is 10.3. The molecule has 0 spiro atoms. The summed E-state index contributed by atoms with van der Waals surface area (Å²) in [5.74, 6) is 0. The first kappa shape index (κ1) is 10.4. The number of nitrogens with zero attached hydrogens (tertiary/aromatic N) is 1. The van der Waals surface area contributed by atoms with Crippen molar-refractivity contribution in [3.05, 3.63) is 62.9 Å². The number of aromatic amines is 1. The molecule has 4 nitrogen and oxygen atoms in total. The van der Waals surface area contributed by atoms with E-state index < -0.39 is 5.69 Å². The Labute approximate surface area is 92.2 Å². The molecule has 0 aliphatic carbocycles. The van der Waals surface area contributed by atoms with Crippen LogP contribution in [0, 0.1) is 0 Å². The lowest BCUT2D eigenvalue weighted by molar-refractivity contribution is 0.818. The molecule has 0 aliphatic heterocycles. The lowest BCUT2D eigenvalue weighted by Crippen LogP contribution is -2.30. The van der Waals surface area contributed by atoms with Crippen molar-refractivity contribution >= 4 is 0 Å². The van der Waals surface area contributed by atoms with Crippen LogP contribution in [0.5, 0.6) is 0 Å². The van der Waals surface area contributed by atoms with E-state index in [1.165, 1.54) is 10.6 Å². The van der Waals surface area contributed by atoms with Crippen molar-refractivity contribution in [1.29, 1.82) is 0 Å². The first-order valence-electron chi connectivity index (χ1n) is 5.13. The highest BCUT2D eigenvalue weighted by atomic mass is 16.2. The minimum atomic E-state index is -0.393. The second-order valence-electron chi connectivity index (χ2n) is 3.45. The summed E-state index contributed by atoms with van der Waals surface area (Å²) in [6, 6.07) is 10.7. The van der Waals surface area contributed by atoms with Crippen LogP contribution >= 0.6 is 0 Å². The molecule has 4 heteroatoms. The standard InChI is InChI=1S/C12H12N2O2/c1-2-9-8-11(15)13-12(16)14(9)10-6-4-3-5-7-10/h3-8H,2H2,1H3,(H,13,15,16). The topological polar surface area (TPSA) is 54.9 Å². The lowest BCUT2D eigenvalue weighted by atomic mass is 10.2. The second kappa shape index (κ2) is 4.18. The Morgan fingerprint density at radius 1 is 1.19 bits per heavy atom. The zero-order valence-electron chi connectivity index (χ0n) is 8.93. The highest BCUT2D eigenvalue weighted by Crippen LogP contribution is 2.06. The van der Waals surface area contributed by atoms with Crippen LogP contribution in [-0.4, -0.2) is 9.55 Å². The van der Waals surface area contributed by atoms with Crippen LogP contribution in [0.3, 0.4) is 0 Å². The molecule has 0 atom stereocenters. The maximum atomic E-state index is 11.7. The number of rotatable bonds is 2. The van der Waals surface area contributed by atoms with Gasteiger partial charge in [0.25, 0.3) is 5.56 Å². The fourth-order valence-electron chi connectivity index (χ4n) is 1.66. The molecule has 1 N–H and O–H groups in total. The van der Waals surface area contributed by atoms with Crippen molar-refractivity contribution in [2.24, 2.45) is 0 Å². The van der Waals surface area contributed by atoms with Gasteiger partial charge in [-0.05, 0) is 18.6 Å². The van der Waals surface area contributed by atoms with E-state index in [-0.39, 0.29) is 5.56 Å². The summed E-state index contributed by atoms with van der Waals surface area (Å²) in [4.78, 5) is 25.2. The van der Waals surface area contributed by atoms with E-state index in [1.54, 1.807) is 0 Å². The number of nitrogens with one attached hydrogen (secondary N) is 1. The quantitative estimate of drug-likeness (QED) is 0.816. The Morgan fingerprint density at radius 3 is 2.50 bits per heavy atom. The molecule has 0 saturated heterocycles. The molecule has 0 saturated carbocycles. The van der Waals surface area contributed by atoms with E-state index in [2.05, 4.69) is 4.98 Å². The summed E-state index contributed by atoms with van der Waals surface area (Å²) >= 11 is 0. The van der Waals surface area contributed by atoms with E-state index in [0.29, 0.717) is 12.1 Å². The maximum Gasteiger partial charge on any atom is 0.333 e. The Morgan fingerprint density at radius 2 is 1.88 bits per heavy atom. The summed E-state index contributed by atoms with van der Waals surface area (Å²) in [5.41, 5.74) is 0.727. The van der Waals surface area contributed by atoms with Crippen LogP contribution < -0.4 is 11.2 Å². The summed E-state index contributed by atoms with van der Waals surface area (Å²) in [7, 11) is 0. The third-order valence-electron chi connectivity index (χ3n) is 2.39. The van der Waals surface area contributed by atoms with Crippen LogP contribution in [0.2, 0.25) is 0 Å². The van der Waals surface area contributed by atoms with Crippen LogP contribution in [0.15, 0.2) is 46.0 Å². The minimum Gasteiger partial charge on any atom is -0.274 e. The van der Waals surface area contributed by atoms with Crippen LogP contribution in [-0.2, 0) is 6.42 Å². The molecule has 82 valence electrons. The number of hydrogen-bond acceptors (Lipinski definition) is 2. The predicted molar refractivity (Wildman–Crippen MR) is 62.0 cm³/mol. The molecule has 0 amide bonds. The van der Waals surface area contributed by atoms with Crippen LogP contribution in [0.25, 0.3) is 5.69 Å². The number of H-pyrrole nitrogens is 1. The van der Waals surface area contributed by atoms with Gasteiger partial charge in [-0.25, -0.2) is 4.79 Å². The van der Waals surface area contributed by atoms with Crippen molar-refractivity contribution in [2.45, 2.75) is 13.3 Å². The molecule has 0 bridgehead atoms. The molecular weight excluding hydrogens is 204 g/mol. The van der Waals surface area contributed by atoms with Gasteiger partial charge in [0.1, 0.15) is 0 Å². The minimum absolute atomic E-state index is 0.353. The molecule has 1 aromatic heterocycles. The van der Waals surface area contributed by atoms with Crippen molar-refractivity contribution in [3.63, 3.8) is 0 Å². The molecule has 1 heterocycles. The first-order valence-corrected chi connectivity index (χ1v) is 5.13. The van der Waals surface area contributed by atoms with Crippen molar-refractivity contribution in [3.8, 4) is 5.69 Å². The van der Waals surface area contributed by atoms with Gasteiger partial charge in [0.2, 0.25) is 0 Å². The molecule has 2 rings (SSSR count). The molecule has 0 unspecified atom stereocenters. The summed E-state index contributed by atoms with van der Waals surface area (Å²) in [6.07, 6.45) is 0.633. The van der Waals surface area contributed by atoms with E-state index in [9.17, 15) is 9.59 Å². The largest absolute Gasteiger partial charge is 0.333 e. The summed E-state index contributed by atoms with van der Waals surface area (Å²) < 4.78 is 1.52.